The van der Waals surface area contributed by atoms with E-state index in [1.807, 2.05) is 41.4 Å². The number of H-pyrrole nitrogens is 1. The largest absolute Gasteiger partial charge is 0.369 e. The van der Waals surface area contributed by atoms with Gasteiger partial charge >= 0.3 is 0 Å². The Kier molecular flexibility index (Phi) is 3.56. The van der Waals surface area contributed by atoms with Crippen molar-refractivity contribution in [2.24, 2.45) is 0 Å². The van der Waals surface area contributed by atoms with Gasteiger partial charge in [-0.25, -0.2) is 4.98 Å². The van der Waals surface area contributed by atoms with Crippen molar-refractivity contribution >= 4 is 39.9 Å². The van der Waals surface area contributed by atoms with Gasteiger partial charge < -0.3 is 15.2 Å². The van der Waals surface area contributed by atoms with Gasteiger partial charge in [-0.15, -0.1) is 0 Å². The lowest BCUT2D eigenvalue weighted by molar-refractivity contribution is -0.120. The van der Waals surface area contributed by atoms with Gasteiger partial charge in [-0.3, -0.25) is 9.69 Å². The minimum atomic E-state index is 0.0967. The van der Waals surface area contributed by atoms with Crippen molar-refractivity contribution in [3.8, 4) is 11.1 Å². The van der Waals surface area contributed by atoms with Gasteiger partial charge in [-0.1, -0.05) is 11.6 Å². The second-order valence-corrected chi connectivity index (χ2v) is 9.02. The number of pyridine rings is 1. The number of likely N-dealkylation sites (N-methyl/N-ethyl adjacent to an activating group) is 1. The molecule has 2 N–H and O–H groups in total. The van der Waals surface area contributed by atoms with Crippen LogP contribution in [0.1, 0.15) is 18.4 Å². The van der Waals surface area contributed by atoms with E-state index in [0.29, 0.717) is 23.5 Å². The van der Waals surface area contributed by atoms with Crippen molar-refractivity contribution in [1.29, 1.82) is 0 Å². The smallest absolute Gasteiger partial charge is 0.241 e. The van der Waals surface area contributed by atoms with Crippen molar-refractivity contribution in [3.63, 3.8) is 0 Å². The Morgan fingerprint density at radius 3 is 2.86 bits per heavy atom. The standard InChI is InChI=1S/C22H22ClN5O/c1-27-4-5-28(19(29)11-27)18-8-14(23)7-15-16(10-24-20(15)18)13-6-17-21(25-9-13)26-12-22(17)2-3-22/h6-10,24H,2-5,11-12H2,1H3,(H,25,26). The van der Waals surface area contributed by atoms with Crippen LogP contribution >= 0.6 is 11.6 Å². The molecule has 148 valence electrons. The molecule has 7 heteroatoms. The predicted molar refractivity (Wildman–Crippen MR) is 116 cm³/mol. The van der Waals surface area contributed by atoms with E-state index in [1.54, 1.807) is 0 Å². The number of fused-ring (bicyclic) bond motifs is 3. The highest BCUT2D eigenvalue weighted by atomic mass is 35.5. The van der Waals surface area contributed by atoms with Gasteiger partial charge in [0.15, 0.2) is 0 Å². The Morgan fingerprint density at radius 2 is 2.07 bits per heavy atom. The average molecular weight is 408 g/mol. The molecule has 3 aliphatic rings. The molecule has 0 radical (unpaired) electrons. The van der Waals surface area contributed by atoms with Crippen molar-refractivity contribution in [1.82, 2.24) is 14.9 Å². The number of aromatic amines is 1. The molecular formula is C22H22ClN5O. The lowest BCUT2D eigenvalue weighted by atomic mass is 9.96. The minimum Gasteiger partial charge on any atom is -0.369 e. The number of anilines is 2. The van der Waals surface area contributed by atoms with E-state index in [0.717, 1.165) is 46.6 Å². The van der Waals surface area contributed by atoms with Crippen LogP contribution in [0.2, 0.25) is 5.02 Å². The van der Waals surface area contributed by atoms with Crippen LogP contribution in [-0.4, -0.2) is 54.0 Å². The maximum absolute atomic E-state index is 12.7. The van der Waals surface area contributed by atoms with E-state index in [1.165, 1.54) is 18.4 Å². The molecule has 1 saturated heterocycles. The molecule has 1 saturated carbocycles. The summed E-state index contributed by atoms with van der Waals surface area (Å²) in [5.74, 6) is 1.12. The Bertz CT molecular complexity index is 1170. The molecule has 0 unspecified atom stereocenters. The van der Waals surface area contributed by atoms with Gasteiger partial charge in [-0.2, -0.15) is 0 Å². The van der Waals surface area contributed by atoms with E-state index in [9.17, 15) is 4.79 Å². The number of benzene rings is 1. The number of nitrogens with one attached hydrogen (secondary N) is 2. The van der Waals surface area contributed by atoms with Crippen LogP contribution in [0.15, 0.2) is 30.6 Å². The summed E-state index contributed by atoms with van der Waals surface area (Å²) in [4.78, 5) is 24.6. The van der Waals surface area contributed by atoms with Crippen LogP contribution in [-0.2, 0) is 10.2 Å². The molecule has 0 bridgehead atoms. The van der Waals surface area contributed by atoms with Crippen LogP contribution in [0, 0.1) is 0 Å². The quantitative estimate of drug-likeness (QED) is 0.681. The number of halogens is 1. The van der Waals surface area contributed by atoms with E-state index < -0.39 is 0 Å². The molecule has 2 aliphatic heterocycles. The molecule has 4 heterocycles. The highest BCUT2D eigenvalue weighted by Crippen LogP contribution is 2.54. The zero-order valence-corrected chi connectivity index (χ0v) is 17.0. The molecule has 2 aromatic heterocycles. The van der Waals surface area contributed by atoms with Crippen LogP contribution in [0.4, 0.5) is 11.5 Å². The molecular weight excluding hydrogens is 386 g/mol. The van der Waals surface area contributed by atoms with Crippen molar-refractivity contribution in [2.45, 2.75) is 18.3 Å². The predicted octanol–water partition coefficient (Wildman–Crippen LogP) is 3.62. The second kappa shape index (κ2) is 5.97. The summed E-state index contributed by atoms with van der Waals surface area (Å²) < 4.78 is 0. The van der Waals surface area contributed by atoms with Crippen molar-refractivity contribution < 1.29 is 4.79 Å². The topological polar surface area (TPSA) is 64.3 Å². The van der Waals surface area contributed by atoms with Gasteiger partial charge in [0.25, 0.3) is 0 Å². The molecule has 1 spiro atoms. The lowest BCUT2D eigenvalue weighted by Gasteiger charge is -2.32. The fourth-order valence-electron chi connectivity index (χ4n) is 4.78. The highest BCUT2D eigenvalue weighted by molar-refractivity contribution is 6.32. The Morgan fingerprint density at radius 1 is 1.21 bits per heavy atom. The first-order valence-corrected chi connectivity index (χ1v) is 10.5. The third-order valence-electron chi connectivity index (χ3n) is 6.65. The maximum atomic E-state index is 12.7. The number of aromatic nitrogens is 2. The van der Waals surface area contributed by atoms with E-state index in [4.69, 9.17) is 11.6 Å². The molecule has 3 aromatic rings. The highest BCUT2D eigenvalue weighted by Gasteiger charge is 2.49. The average Bonchev–Trinajstić information content (AvgIpc) is 3.23. The molecule has 29 heavy (non-hydrogen) atoms. The summed E-state index contributed by atoms with van der Waals surface area (Å²) >= 11 is 6.50. The third-order valence-corrected chi connectivity index (χ3v) is 6.87. The molecule has 1 amide bonds. The number of rotatable bonds is 2. The summed E-state index contributed by atoms with van der Waals surface area (Å²) in [6.45, 7) is 2.92. The fraction of sp³-hybridized carbons (Fsp3) is 0.364. The Labute approximate surface area is 173 Å². The van der Waals surface area contributed by atoms with Crippen molar-refractivity contribution in [2.75, 3.05) is 43.4 Å². The van der Waals surface area contributed by atoms with E-state index in [-0.39, 0.29) is 5.91 Å². The fourth-order valence-corrected chi connectivity index (χ4v) is 4.99. The molecule has 6 rings (SSSR count). The minimum absolute atomic E-state index is 0.0967. The van der Waals surface area contributed by atoms with Crippen molar-refractivity contribution in [3.05, 3.63) is 41.2 Å². The maximum Gasteiger partial charge on any atom is 0.241 e. The third kappa shape index (κ3) is 2.59. The molecule has 6 nitrogen and oxygen atoms in total. The van der Waals surface area contributed by atoms with Gasteiger partial charge in [0.2, 0.25) is 5.91 Å². The number of carbonyl (C=O) groups is 1. The Balaban J connectivity index is 1.47. The summed E-state index contributed by atoms with van der Waals surface area (Å²) in [5.41, 5.74) is 5.58. The van der Waals surface area contributed by atoms with Gasteiger partial charge in [0, 0.05) is 64.5 Å². The molecule has 1 aromatic carbocycles. The zero-order chi connectivity index (χ0) is 19.8. The van der Waals surface area contributed by atoms with Crippen LogP contribution in [0.3, 0.4) is 0 Å². The first-order chi connectivity index (χ1) is 14.0. The summed E-state index contributed by atoms with van der Waals surface area (Å²) in [5, 5.41) is 5.10. The van der Waals surface area contributed by atoms with Gasteiger partial charge in [0.05, 0.1) is 17.7 Å². The number of amides is 1. The molecule has 1 aliphatic carbocycles. The number of piperazine rings is 1. The first-order valence-electron chi connectivity index (χ1n) is 10.1. The summed E-state index contributed by atoms with van der Waals surface area (Å²) in [7, 11) is 1.97. The normalized spacial score (nSPS) is 20.3. The first kappa shape index (κ1) is 17.3. The summed E-state index contributed by atoms with van der Waals surface area (Å²) in [6, 6.07) is 6.14. The SMILES string of the molecule is CN1CCN(c2cc(Cl)cc3c(-c4cnc5c(c4)C4(CC4)CN5)c[nH]c23)C(=O)C1. The number of nitrogens with zero attached hydrogens (tertiary/aromatic N) is 3. The number of carbonyl (C=O) groups excluding carboxylic acids is 1. The monoisotopic (exact) mass is 407 g/mol. The van der Waals surface area contributed by atoms with E-state index in [2.05, 4.69) is 21.4 Å². The zero-order valence-electron chi connectivity index (χ0n) is 16.3. The Hall–Kier alpha value is -2.57. The van der Waals surface area contributed by atoms with Gasteiger partial charge in [-0.05, 0) is 38.1 Å². The number of hydrogen-bond acceptors (Lipinski definition) is 4. The van der Waals surface area contributed by atoms with Crippen LogP contribution < -0.4 is 10.2 Å². The summed E-state index contributed by atoms with van der Waals surface area (Å²) in [6.07, 6.45) is 6.40. The van der Waals surface area contributed by atoms with Crippen LogP contribution in [0.25, 0.3) is 22.0 Å². The van der Waals surface area contributed by atoms with Crippen LogP contribution in [0.5, 0.6) is 0 Å². The lowest BCUT2D eigenvalue weighted by Crippen LogP contribution is -2.49. The number of hydrogen-bond donors (Lipinski definition) is 2. The molecule has 0 atom stereocenters. The van der Waals surface area contributed by atoms with E-state index >= 15 is 0 Å². The second-order valence-electron chi connectivity index (χ2n) is 8.59. The van der Waals surface area contributed by atoms with Gasteiger partial charge in [0.1, 0.15) is 5.82 Å². The molecule has 2 fully saturated rings.